The van der Waals surface area contributed by atoms with Crippen LogP contribution < -0.4 is 5.32 Å². The van der Waals surface area contributed by atoms with Gasteiger partial charge in [-0.15, -0.1) is 0 Å². The van der Waals surface area contributed by atoms with E-state index in [1.54, 1.807) is 11.9 Å². The molecule has 0 spiro atoms. The number of anilines is 1. The van der Waals surface area contributed by atoms with Crippen LogP contribution in [0.4, 0.5) is 11.6 Å². The lowest BCUT2D eigenvalue weighted by Crippen LogP contribution is -2.37. The smallest absolute Gasteiger partial charge is 0.401 e. The molecule has 0 unspecified atom stereocenters. The molecule has 1 saturated heterocycles. The maximum Gasteiger partial charge on any atom is 0.433 e. The summed E-state index contributed by atoms with van der Waals surface area (Å²) in [5.74, 6) is -0.908. The third-order valence-corrected chi connectivity index (χ3v) is 4.23. The molecular formula is C17H19N5O5. The van der Waals surface area contributed by atoms with Crippen LogP contribution in [0.3, 0.4) is 0 Å². The first-order chi connectivity index (χ1) is 13.0. The zero-order valence-corrected chi connectivity index (χ0v) is 14.8. The molecule has 0 radical (unpaired) electrons. The third kappa shape index (κ3) is 4.22. The van der Waals surface area contributed by atoms with Crippen LogP contribution in [0.5, 0.6) is 0 Å². The number of nitrogens with zero attached hydrogens (tertiary/aromatic N) is 4. The highest BCUT2D eigenvalue weighted by atomic mass is 16.6. The van der Waals surface area contributed by atoms with Gasteiger partial charge in [0.2, 0.25) is 5.91 Å². The molecule has 142 valence electrons. The second kappa shape index (κ2) is 7.85. The monoisotopic (exact) mass is 373 g/mol. The second-order valence-corrected chi connectivity index (χ2v) is 6.14. The third-order valence-electron chi connectivity index (χ3n) is 4.23. The van der Waals surface area contributed by atoms with Gasteiger partial charge in [-0.2, -0.15) is 5.10 Å². The molecule has 3 heterocycles. The van der Waals surface area contributed by atoms with Crippen molar-refractivity contribution in [3.63, 3.8) is 0 Å². The van der Waals surface area contributed by atoms with Crippen LogP contribution in [0.2, 0.25) is 0 Å². The van der Waals surface area contributed by atoms with Crippen LogP contribution in [0.25, 0.3) is 6.08 Å². The largest absolute Gasteiger partial charge is 0.433 e. The Labute approximate surface area is 154 Å². The van der Waals surface area contributed by atoms with Gasteiger partial charge in [0.25, 0.3) is 5.91 Å². The van der Waals surface area contributed by atoms with Crippen molar-refractivity contribution in [2.75, 3.05) is 18.4 Å². The number of amides is 2. The minimum absolute atomic E-state index is 0.171. The molecule has 0 aromatic carbocycles. The van der Waals surface area contributed by atoms with Gasteiger partial charge in [-0.3, -0.25) is 24.4 Å². The van der Waals surface area contributed by atoms with Crippen LogP contribution in [0, 0.1) is 10.1 Å². The summed E-state index contributed by atoms with van der Waals surface area (Å²) in [5.41, 5.74) is 0.625. The number of nitro groups is 1. The number of aryl methyl sites for hydroxylation is 1. The molecule has 0 bridgehead atoms. The number of carbonyl (C=O) groups excluding carboxylic acids is 2. The summed E-state index contributed by atoms with van der Waals surface area (Å²) < 4.78 is 6.38. The van der Waals surface area contributed by atoms with Crippen LogP contribution >= 0.6 is 0 Å². The van der Waals surface area contributed by atoms with Crippen molar-refractivity contribution < 1.29 is 18.9 Å². The van der Waals surface area contributed by atoms with Crippen molar-refractivity contribution in [1.82, 2.24) is 14.7 Å². The van der Waals surface area contributed by atoms with E-state index in [2.05, 4.69) is 10.4 Å². The fourth-order valence-electron chi connectivity index (χ4n) is 2.89. The number of piperidine rings is 1. The summed E-state index contributed by atoms with van der Waals surface area (Å²) in [4.78, 5) is 36.6. The zero-order valence-electron chi connectivity index (χ0n) is 14.8. The average molecular weight is 373 g/mol. The average Bonchev–Trinajstić information content (AvgIpc) is 3.27. The molecule has 1 fully saturated rings. The maximum atomic E-state index is 12.7. The van der Waals surface area contributed by atoms with Crippen molar-refractivity contribution in [1.29, 1.82) is 0 Å². The minimum Gasteiger partial charge on any atom is -0.401 e. The van der Waals surface area contributed by atoms with Crippen LogP contribution in [0.15, 0.2) is 28.8 Å². The number of carbonyl (C=O) groups is 2. The van der Waals surface area contributed by atoms with E-state index in [9.17, 15) is 19.7 Å². The van der Waals surface area contributed by atoms with E-state index in [-0.39, 0.29) is 11.7 Å². The summed E-state index contributed by atoms with van der Waals surface area (Å²) >= 11 is 0. The molecule has 10 heteroatoms. The van der Waals surface area contributed by atoms with E-state index in [1.807, 2.05) is 0 Å². The fourth-order valence-corrected chi connectivity index (χ4v) is 2.89. The number of nitrogens with one attached hydrogen (secondary N) is 1. The zero-order chi connectivity index (χ0) is 19.4. The molecule has 2 amide bonds. The Bertz CT molecular complexity index is 891. The fraction of sp³-hybridized carbons (Fsp3) is 0.353. The number of aromatic nitrogens is 2. The van der Waals surface area contributed by atoms with E-state index >= 15 is 0 Å². The van der Waals surface area contributed by atoms with Crippen LogP contribution in [0.1, 0.15) is 35.5 Å². The van der Waals surface area contributed by atoms with Crippen LogP contribution in [-0.4, -0.2) is 44.5 Å². The molecule has 3 rings (SSSR count). The predicted octanol–water partition coefficient (Wildman–Crippen LogP) is 2.20. The van der Waals surface area contributed by atoms with Crippen molar-refractivity contribution in [3.8, 4) is 0 Å². The Morgan fingerprint density at radius 3 is 2.70 bits per heavy atom. The van der Waals surface area contributed by atoms with Crippen LogP contribution in [-0.2, 0) is 11.8 Å². The quantitative estimate of drug-likeness (QED) is 0.487. The van der Waals surface area contributed by atoms with E-state index in [1.165, 1.54) is 35.2 Å². The van der Waals surface area contributed by atoms with Crippen molar-refractivity contribution in [2.45, 2.75) is 19.3 Å². The lowest BCUT2D eigenvalue weighted by Gasteiger charge is -2.26. The highest BCUT2D eigenvalue weighted by Crippen LogP contribution is 2.20. The molecule has 1 N–H and O–H groups in total. The summed E-state index contributed by atoms with van der Waals surface area (Å²) in [6.07, 6.45) is 6.93. The first-order valence-electron chi connectivity index (χ1n) is 8.50. The van der Waals surface area contributed by atoms with Gasteiger partial charge >= 0.3 is 5.88 Å². The van der Waals surface area contributed by atoms with Gasteiger partial charge in [0.1, 0.15) is 16.4 Å². The van der Waals surface area contributed by atoms with Gasteiger partial charge in [-0.1, -0.05) is 0 Å². The Morgan fingerprint density at radius 1 is 1.30 bits per heavy atom. The van der Waals surface area contributed by atoms with Gasteiger partial charge in [0, 0.05) is 26.2 Å². The number of furan rings is 1. The van der Waals surface area contributed by atoms with E-state index in [0.717, 1.165) is 19.3 Å². The van der Waals surface area contributed by atoms with E-state index in [0.29, 0.717) is 24.5 Å². The van der Waals surface area contributed by atoms with Crippen molar-refractivity contribution >= 4 is 29.5 Å². The summed E-state index contributed by atoms with van der Waals surface area (Å²) in [5, 5.41) is 17.3. The van der Waals surface area contributed by atoms with E-state index < -0.39 is 16.7 Å². The standard InChI is InChI=1S/C17H19N5O5/c1-20-16(17(24)21-9-3-2-4-10-21)13(11-18-20)19-14(23)7-5-12-6-8-15(27-12)22(25)26/h5-8,11H,2-4,9-10H2,1H3,(H,19,23)/b7-5+. The molecule has 2 aromatic rings. The minimum atomic E-state index is -0.661. The molecule has 1 aliphatic rings. The number of hydrogen-bond donors (Lipinski definition) is 1. The van der Waals surface area contributed by atoms with Crippen molar-refractivity contribution in [2.24, 2.45) is 7.05 Å². The highest BCUT2D eigenvalue weighted by molar-refractivity contribution is 6.06. The molecule has 2 aromatic heterocycles. The molecule has 0 atom stereocenters. The van der Waals surface area contributed by atoms with Gasteiger partial charge < -0.3 is 14.6 Å². The maximum absolute atomic E-state index is 12.7. The number of likely N-dealkylation sites (tertiary alicyclic amines) is 1. The molecule has 10 nitrogen and oxygen atoms in total. The first kappa shape index (κ1) is 18.4. The summed E-state index contributed by atoms with van der Waals surface area (Å²) in [7, 11) is 1.64. The topological polar surface area (TPSA) is 124 Å². The van der Waals surface area contributed by atoms with E-state index in [4.69, 9.17) is 4.42 Å². The summed E-state index contributed by atoms with van der Waals surface area (Å²) in [6, 6.07) is 2.59. The molecular weight excluding hydrogens is 354 g/mol. The Hall–Kier alpha value is -3.43. The second-order valence-electron chi connectivity index (χ2n) is 6.14. The Morgan fingerprint density at radius 2 is 2.04 bits per heavy atom. The molecule has 0 saturated carbocycles. The predicted molar refractivity (Wildman–Crippen MR) is 96.0 cm³/mol. The Balaban J connectivity index is 1.69. The molecule has 0 aliphatic carbocycles. The first-order valence-corrected chi connectivity index (χ1v) is 8.50. The SMILES string of the molecule is Cn1ncc(NC(=O)/C=C/c2ccc([N+](=O)[O-])o2)c1C(=O)N1CCCCC1. The number of rotatable bonds is 5. The van der Waals surface area contributed by atoms with Gasteiger partial charge in [-0.25, -0.2) is 0 Å². The lowest BCUT2D eigenvalue weighted by atomic mass is 10.1. The highest BCUT2D eigenvalue weighted by Gasteiger charge is 2.24. The van der Waals surface area contributed by atoms with Gasteiger partial charge in [0.15, 0.2) is 0 Å². The Kier molecular flexibility index (Phi) is 5.34. The lowest BCUT2D eigenvalue weighted by molar-refractivity contribution is -0.402. The normalized spacial score (nSPS) is 14.5. The number of hydrogen-bond acceptors (Lipinski definition) is 6. The van der Waals surface area contributed by atoms with Gasteiger partial charge in [0.05, 0.1) is 18.0 Å². The molecule has 1 aliphatic heterocycles. The van der Waals surface area contributed by atoms with Gasteiger partial charge in [-0.05, 0) is 31.4 Å². The summed E-state index contributed by atoms with van der Waals surface area (Å²) in [6.45, 7) is 1.38. The molecule has 27 heavy (non-hydrogen) atoms. The van der Waals surface area contributed by atoms with Crippen molar-refractivity contribution in [3.05, 3.63) is 46.0 Å².